The zero-order valence-electron chi connectivity index (χ0n) is 22.4. The van der Waals surface area contributed by atoms with Crippen LogP contribution < -0.4 is 4.90 Å². The number of anilines is 1. The van der Waals surface area contributed by atoms with Gasteiger partial charge in [0, 0.05) is 41.6 Å². The number of para-hydroxylation sites is 2. The van der Waals surface area contributed by atoms with E-state index in [1.165, 1.54) is 57.1 Å². The van der Waals surface area contributed by atoms with Crippen LogP contribution in [0.1, 0.15) is 65.0 Å². The number of hydrogen-bond acceptors (Lipinski definition) is 1. The van der Waals surface area contributed by atoms with Crippen LogP contribution in [0, 0.1) is 0 Å². The second-order valence-corrected chi connectivity index (χ2v) is 11.4. The molecule has 2 aliphatic heterocycles. The van der Waals surface area contributed by atoms with E-state index in [4.69, 9.17) is 0 Å². The fraction of sp³-hybridized carbons (Fsp3) is 0.364. The summed E-state index contributed by atoms with van der Waals surface area (Å²) in [6.07, 6.45) is 13.0. The predicted molar refractivity (Wildman–Crippen MR) is 150 cm³/mol. The third-order valence-electron chi connectivity index (χ3n) is 8.62. The molecule has 35 heavy (non-hydrogen) atoms. The Morgan fingerprint density at radius 2 is 1.51 bits per heavy atom. The molecule has 0 unspecified atom stereocenters. The molecule has 2 aromatic carbocycles. The number of allylic oxidation sites excluding steroid dienone is 8. The third-order valence-corrected chi connectivity index (χ3v) is 8.62. The minimum atomic E-state index is 0.0156. The van der Waals surface area contributed by atoms with Gasteiger partial charge in [-0.3, -0.25) is 0 Å². The van der Waals surface area contributed by atoms with Crippen LogP contribution in [0.15, 0.2) is 95.3 Å². The van der Waals surface area contributed by atoms with Gasteiger partial charge in [-0.25, -0.2) is 0 Å². The van der Waals surface area contributed by atoms with Gasteiger partial charge in [0.15, 0.2) is 5.71 Å². The third kappa shape index (κ3) is 3.75. The first kappa shape index (κ1) is 23.6. The lowest BCUT2D eigenvalue weighted by atomic mass is 9.80. The second kappa shape index (κ2) is 8.52. The van der Waals surface area contributed by atoms with E-state index < -0.39 is 0 Å². The van der Waals surface area contributed by atoms with E-state index in [0.717, 1.165) is 12.8 Å². The molecule has 2 aromatic rings. The maximum Gasteiger partial charge on any atom is 0.209 e. The Hall–Kier alpha value is -3.13. The van der Waals surface area contributed by atoms with E-state index in [2.05, 4.69) is 131 Å². The van der Waals surface area contributed by atoms with Crippen LogP contribution in [-0.4, -0.2) is 24.4 Å². The molecule has 3 aliphatic rings. The number of fused-ring (bicyclic) bond motifs is 2. The van der Waals surface area contributed by atoms with Crippen LogP contribution in [0.2, 0.25) is 0 Å². The number of benzene rings is 2. The van der Waals surface area contributed by atoms with Gasteiger partial charge in [-0.2, -0.15) is 4.58 Å². The van der Waals surface area contributed by atoms with E-state index in [9.17, 15) is 0 Å². The Bertz CT molecular complexity index is 1340. The monoisotopic (exact) mass is 463 g/mol. The Morgan fingerprint density at radius 3 is 2.23 bits per heavy atom. The van der Waals surface area contributed by atoms with Gasteiger partial charge in [-0.1, -0.05) is 62.4 Å². The van der Waals surface area contributed by atoms with Crippen molar-refractivity contribution in [3.05, 3.63) is 106 Å². The lowest BCUT2D eigenvalue weighted by Gasteiger charge is -2.24. The number of likely N-dealkylation sites (N-methyl/N-ethyl adjacent to an activating group) is 1. The van der Waals surface area contributed by atoms with Gasteiger partial charge in [0.05, 0.1) is 5.41 Å². The molecule has 0 saturated carbocycles. The van der Waals surface area contributed by atoms with Crippen molar-refractivity contribution in [2.24, 2.45) is 0 Å². The Kier molecular flexibility index (Phi) is 5.74. The highest BCUT2D eigenvalue weighted by Gasteiger charge is 2.42. The van der Waals surface area contributed by atoms with Crippen LogP contribution in [0.5, 0.6) is 0 Å². The molecular formula is C33H39N2+. The molecule has 2 heterocycles. The van der Waals surface area contributed by atoms with Crippen molar-refractivity contribution in [2.75, 3.05) is 19.0 Å². The highest BCUT2D eigenvalue weighted by Crippen LogP contribution is 2.47. The fourth-order valence-electron chi connectivity index (χ4n) is 6.43. The summed E-state index contributed by atoms with van der Waals surface area (Å²) >= 11 is 0. The largest absolute Gasteiger partial charge is 0.347 e. The second-order valence-electron chi connectivity index (χ2n) is 11.4. The van der Waals surface area contributed by atoms with Gasteiger partial charge in [0.25, 0.3) is 0 Å². The Labute approximate surface area is 211 Å². The van der Waals surface area contributed by atoms with Crippen molar-refractivity contribution in [1.82, 2.24) is 0 Å². The first-order chi connectivity index (χ1) is 16.6. The summed E-state index contributed by atoms with van der Waals surface area (Å²) in [7, 11) is 4.40. The van der Waals surface area contributed by atoms with E-state index in [1.54, 1.807) is 0 Å². The Balaban J connectivity index is 1.46. The highest BCUT2D eigenvalue weighted by atomic mass is 15.2. The molecule has 0 N–H and O–H groups in total. The molecule has 0 radical (unpaired) electrons. The minimum absolute atomic E-state index is 0.0156. The van der Waals surface area contributed by atoms with E-state index in [-0.39, 0.29) is 10.8 Å². The summed E-state index contributed by atoms with van der Waals surface area (Å²) in [5.41, 5.74) is 12.6. The van der Waals surface area contributed by atoms with Crippen molar-refractivity contribution in [3.63, 3.8) is 0 Å². The molecule has 2 nitrogen and oxygen atoms in total. The summed E-state index contributed by atoms with van der Waals surface area (Å²) in [6.45, 7) is 11.7. The van der Waals surface area contributed by atoms with Crippen molar-refractivity contribution < 1.29 is 4.58 Å². The van der Waals surface area contributed by atoms with Crippen molar-refractivity contribution in [1.29, 1.82) is 0 Å². The first-order valence-corrected chi connectivity index (χ1v) is 13.0. The average molecular weight is 464 g/mol. The minimum Gasteiger partial charge on any atom is -0.347 e. The molecule has 0 spiro atoms. The van der Waals surface area contributed by atoms with Crippen molar-refractivity contribution in [2.45, 2.75) is 64.7 Å². The normalized spacial score (nSPS) is 23.1. The molecule has 1 aliphatic carbocycles. The lowest BCUT2D eigenvalue weighted by molar-refractivity contribution is -0.401. The van der Waals surface area contributed by atoms with E-state index in [1.807, 2.05) is 0 Å². The highest BCUT2D eigenvalue weighted by molar-refractivity contribution is 6.03. The van der Waals surface area contributed by atoms with Gasteiger partial charge < -0.3 is 4.90 Å². The van der Waals surface area contributed by atoms with Gasteiger partial charge in [-0.15, -0.1) is 0 Å². The summed E-state index contributed by atoms with van der Waals surface area (Å²) in [6, 6.07) is 17.6. The topological polar surface area (TPSA) is 6.25 Å². The van der Waals surface area contributed by atoms with Crippen LogP contribution in [0.3, 0.4) is 0 Å². The molecule has 0 atom stereocenters. The molecule has 0 bridgehead atoms. The van der Waals surface area contributed by atoms with E-state index >= 15 is 0 Å². The van der Waals surface area contributed by atoms with Gasteiger partial charge in [-0.05, 0) is 74.5 Å². The fourth-order valence-corrected chi connectivity index (χ4v) is 6.43. The smallest absolute Gasteiger partial charge is 0.209 e. The number of hydrogen-bond donors (Lipinski definition) is 0. The van der Waals surface area contributed by atoms with Gasteiger partial charge in [0.2, 0.25) is 5.69 Å². The summed E-state index contributed by atoms with van der Waals surface area (Å²) in [5, 5.41) is 0. The van der Waals surface area contributed by atoms with Crippen LogP contribution in [0.4, 0.5) is 11.4 Å². The zero-order chi connectivity index (χ0) is 25.0. The van der Waals surface area contributed by atoms with Gasteiger partial charge >= 0.3 is 0 Å². The van der Waals surface area contributed by atoms with Crippen LogP contribution >= 0.6 is 0 Å². The zero-order valence-corrected chi connectivity index (χ0v) is 22.4. The molecule has 180 valence electrons. The molecule has 5 rings (SSSR count). The molecule has 2 heteroatoms. The predicted octanol–water partition coefficient (Wildman–Crippen LogP) is 7.99. The average Bonchev–Trinajstić information content (AvgIpc) is 3.16. The molecule has 0 amide bonds. The lowest BCUT2D eigenvalue weighted by Crippen LogP contribution is -2.26. The summed E-state index contributed by atoms with van der Waals surface area (Å²) in [4.78, 5) is 2.36. The molecule has 0 fully saturated rings. The quantitative estimate of drug-likeness (QED) is 0.418. The SMILES string of the molecule is CC1=C(C=CC2=[N+](C)c3ccccc3C2(C)C)CCCC1=CC=C1N(C)c2ccccc2C1(C)C. The van der Waals surface area contributed by atoms with E-state index in [0.29, 0.717) is 0 Å². The Morgan fingerprint density at radius 1 is 0.829 bits per heavy atom. The van der Waals surface area contributed by atoms with Crippen molar-refractivity contribution >= 4 is 17.1 Å². The molecule has 0 saturated heterocycles. The molecule has 0 aromatic heterocycles. The number of rotatable bonds is 3. The summed E-state index contributed by atoms with van der Waals surface area (Å²) in [5.74, 6) is 0. The van der Waals surface area contributed by atoms with Gasteiger partial charge in [0.1, 0.15) is 7.05 Å². The van der Waals surface area contributed by atoms with Crippen molar-refractivity contribution in [3.8, 4) is 0 Å². The first-order valence-electron chi connectivity index (χ1n) is 13.0. The maximum absolute atomic E-state index is 2.39. The van der Waals surface area contributed by atoms with Crippen LogP contribution in [-0.2, 0) is 10.8 Å². The number of nitrogens with zero attached hydrogens (tertiary/aromatic N) is 2. The van der Waals surface area contributed by atoms with Crippen LogP contribution in [0.25, 0.3) is 0 Å². The summed E-state index contributed by atoms with van der Waals surface area (Å²) < 4.78 is 2.36. The standard InChI is InChI=1S/C33H39N2/c1-23-24(19-21-30-32(2,3)26-15-8-10-17-28(26)34(30)6)13-12-14-25(23)20-22-31-33(4,5)27-16-9-11-18-29(27)35(31)7/h8-11,15-22H,12-14H2,1-7H3/q+1. The molecular weight excluding hydrogens is 424 g/mol. The maximum atomic E-state index is 2.39.